The van der Waals surface area contributed by atoms with Gasteiger partial charge in [-0.1, -0.05) is 0 Å². The molecule has 0 unspecified atom stereocenters. The first kappa shape index (κ1) is 17.0. The average molecular weight is 338 g/mol. The molecule has 0 aliphatic rings. The number of aryl methyl sites for hydroxylation is 1. The molecule has 0 saturated carbocycles. The van der Waals surface area contributed by atoms with E-state index in [9.17, 15) is 8.42 Å². The van der Waals surface area contributed by atoms with Crippen LogP contribution in [0.1, 0.15) is 5.69 Å². The first-order valence-electron chi connectivity index (χ1n) is 6.76. The second kappa shape index (κ2) is 7.25. The highest BCUT2D eigenvalue weighted by atomic mass is 32.2. The van der Waals surface area contributed by atoms with Crippen molar-refractivity contribution in [1.82, 2.24) is 9.97 Å². The van der Waals surface area contributed by atoms with E-state index in [1.54, 1.807) is 20.1 Å². The second-order valence-corrected chi connectivity index (χ2v) is 6.37. The van der Waals surface area contributed by atoms with Crippen molar-refractivity contribution in [2.75, 3.05) is 30.8 Å². The summed E-state index contributed by atoms with van der Waals surface area (Å²) in [4.78, 5) is 8.15. The molecule has 0 spiro atoms. The van der Waals surface area contributed by atoms with E-state index in [0.29, 0.717) is 24.6 Å². The van der Waals surface area contributed by atoms with Crippen LogP contribution in [0.4, 0.5) is 11.6 Å². The number of benzene rings is 1. The fourth-order valence-electron chi connectivity index (χ4n) is 1.71. The molecule has 0 aliphatic carbocycles. The number of nitrogens with one attached hydrogen (secondary N) is 1. The summed E-state index contributed by atoms with van der Waals surface area (Å²) in [6.07, 6.45) is 0. The van der Waals surface area contributed by atoms with Gasteiger partial charge in [0.05, 0.1) is 11.5 Å². The van der Waals surface area contributed by atoms with Crippen LogP contribution >= 0.6 is 0 Å². The Kier molecular flexibility index (Phi) is 5.35. The van der Waals surface area contributed by atoms with Crippen LogP contribution in [0.25, 0.3) is 0 Å². The molecule has 0 radical (unpaired) electrons. The molecule has 0 amide bonds. The third kappa shape index (κ3) is 4.80. The SMILES string of the molecule is COCCOc1cc(C)nc(NS(=O)(=O)c2ccc(N)cc2)n1. The first-order chi connectivity index (χ1) is 10.9. The maximum absolute atomic E-state index is 12.3. The quantitative estimate of drug-likeness (QED) is 0.575. The molecule has 8 nitrogen and oxygen atoms in total. The molecule has 1 aromatic carbocycles. The number of hydrogen-bond donors (Lipinski definition) is 2. The lowest BCUT2D eigenvalue weighted by Gasteiger charge is -2.10. The van der Waals surface area contributed by atoms with Gasteiger partial charge in [-0.15, -0.1) is 0 Å². The summed E-state index contributed by atoms with van der Waals surface area (Å²) < 4.78 is 37.2. The summed E-state index contributed by atoms with van der Waals surface area (Å²) in [6.45, 7) is 2.42. The molecule has 2 aromatic rings. The van der Waals surface area contributed by atoms with Gasteiger partial charge in [0.15, 0.2) is 0 Å². The summed E-state index contributed by atoms with van der Waals surface area (Å²) in [7, 11) is -2.24. The molecule has 9 heteroatoms. The molecule has 0 fully saturated rings. The number of nitrogens with zero attached hydrogens (tertiary/aromatic N) is 2. The van der Waals surface area contributed by atoms with Gasteiger partial charge in [-0.3, -0.25) is 0 Å². The zero-order valence-corrected chi connectivity index (χ0v) is 13.6. The van der Waals surface area contributed by atoms with Crippen molar-refractivity contribution < 1.29 is 17.9 Å². The number of hydrogen-bond acceptors (Lipinski definition) is 7. The van der Waals surface area contributed by atoms with E-state index in [4.69, 9.17) is 15.2 Å². The number of rotatable bonds is 7. The van der Waals surface area contributed by atoms with E-state index in [-0.39, 0.29) is 16.7 Å². The lowest BCUT2D eigenvalue weighted by Crippen LogP contribution is -2.16. The van der Waals surface area contributed by atoms with Gasteiger partial charge in [0.1, 0.15) is 6.61 Å². The highest BCUT2D eigenvalue weighted by Crippen LogP contribution is 2.17. The summed E-state index contributed by atoms with van der Waals surface area (Å²) in [5, 5.41) is 0. The van der Waals surface area contributed by atoms with Gasteiger partial charge in [-0.05, 0) is 31.2 Å². The number of aromatic nitrogens is 2. The monoisotopic (exact) mass is 338 g/mol. The van der Waals surface area contributed by atoms with Crippen molar-refractivity contribution in [2.24, 2.45) is 0 Å². The lowest BCUT2D eigenvalue weighted by atomic mass is 10.3. The van der Waals surface area contributed by atoms with Crippen molar-refractivity contribution in [3.8, 4) is 5.88 Å². The Morgan fingerprint density at radius 3 is 2.52 bits per heavy atom. The van der Waals surface area contributed by atoms with Crippen LogP contribution in [-0.4, -0.2) is 38.7 Å². The first-order valence-corrected chi connectivity index (χ1v) is 8.25. The Hall–Kier alpha value is -2.39. The normalized spacial score (nSPS) is 11.2. The van der Waals surface area contributed by atoms with Crippen LogP contribution in [0.2, 0.25) is 0 Å². The fraction of sp³-hybridized carbons (Fsp3) is 0.286. The summed E-state index contributed by atoms with van der Waals surface area (Å²) >= 11 is 0. The smallest absolute Gasteiger partial charge is 0.264 e. The highest BCUT2D eigenvalue weighted by molar-refractivity contribution is 7.92. The number of nitrogen functional groups attached to an aromatic ring is 1. The molecule has 124 valence electrons. The minimum atomic E-state index is -3.80. The number of methoxy groups -OCH3 is 1. The minimum absolute atomic E-state index is 0.0609. The molecular weight excluding hydrogens is 320 g/mol. The molecular formula is C14H18N4O4S. The number of ether oxygens (including phenoxy) is 2. The third-order valence-corrected chi connectivity index (χ3v) is 4.13. The highest BCUT2D eigenvalue weighted by Gasteiger charge is 2.16. The van der Waals surface area contributed by atoms with E-state index in [1.807, 2.05) is 0 Å². The van der Waals surface area contributed by atoms with Gasteiger partial charge in [-0.25, -0.2) is 18.1 Å². The van der Waals surface area contributed by atoms with Crippen LogP contribution in [-0.2, 0) is 14.8 Å². The maximum Gasteiger partial charge on any atom is 0.264 e. The zero-order valence-electron chi connectivity index (χ0n) is 12.8. The van der Waals surface area contributed by atoms with Crippen LogP contribution in [0.5, 0.6) is 5.88 Å². The predicted octanol–water partition coefficient (Wildman–Crippen LogP) is 1.19. The molecule has 0 atom stereocenters. The third-order valence-electron chi connectivity index (χ3n) is 2.78. The van der Waals surface area contributed by atoms with E-state index >= 15 is 0 Å². The molecule has 2 rings (SSSR count). The Morgan fingerprint density at radius 1 is 1.17 bits per heavy atom. The predicted molar refractivity (Wildman–Crippen MR) is 85.8 cm³/mol. The van der Waals surface area contributed by atoms with Crippen LogP contribution in [0.3, 0.4) is 0 Å². The Morgan fingerprint density at radius 2 is 1.87 bits per heavy atom. The molecule has 23 heavy (non-hydrogen) atoms. The van der Waals surface area contributed by atoms with Gasteiger partial charge in [0.25, 0.3) is 10.0 Å². The minimum Gasteiger partial charge on any atom is -0.475 e. The molecule has 1 aromatic heterocycles. The fourth-order valence-corrected chi connectivity index (χ4v) is 2.66. The number of nitrogens with two attached hydrogens (primary N) is 1. The Labute approximate surface area is 134 Å². The van der Waals surface area contributed by atoms with Crippen molar-refractivity contribution in [1.29, 1.82) is 0 Å². The van der Waals surface area contributed by atoms with Gasteiger partial charge in [-0.2, -0.15) is 4.98 Å². The molecule has 0 aliphatic heterocycles. The van der Waals surface area contributed by atoms with E-state index in [1.165, 1.54) is 24.3 Å². The average Bonchev–Trinajstić information content (AvgIpc) is 2.47. The van der Waals surface area contributed by atoms with Gasteiger partial charge >= 0.3 is 0 Å². The Balaban J connectivity index is 2.19. The lowest BCUT2D eigenvalue weighted by molar-refractivity contribution is 0.143. The van der Waals surface area contributed by atoms with Crippen molar-refractivity contribution in [3.05, 3.63) is 36.0 Å². The second-order valence-electron chi connectivity index (χ2n) is 4.69. The summed E-state index contributed by atoms with van der Waals surface area (Å²) in [5.74, 6) is 0.207. The van der Waals surface area contributed by atoms with Gasteiger partial charge in [0, 0.05) is 24.6 Å². The van der Waals surface area contributed by atoms with E-state index < -0.39 is 10.0 Å². The summed E-state index contributed by atoms with van der Waals surface area (Å²) in [5.41, 5.74) is 6.60. The van der Waals surface area contributed by atoms with E-state index in [2.05, 4.69) is 14.7 Å². The standard InChI is InChI=1S/C14H18N4O4S/c1-10-9-13(22-8-7-21-2)17-14(16-10)18-23(19,20)12-5-3-11(15)4-6-12/h3-6,9H,7-8,15H2,1-2H3,(H,16,17,18). The van der Waals surface area contributed by atoms with E-state index in [0.717, 1.165) is 0 Å². The van der Waals surface area contributed by atoms with Gasteiger partial charge in [0.2, 0.25) is 11.8 Å². The molecule has 0 saturated heterocycles. The van der Waals surface area contributed by atoms with Crippen LogP contribution in [0.15, 0.2) is 35.2 Å². The topological polar surface area (TPSA) is 116 Å². The largest absolute Gasteiger partial charge is 0.475 e. The summed E-state index contributed by atoms with van der Waals surface area (Å²) in [6, 6.07) is 7.43. The number of sulfonamides is 1. The Bertz CT molecular complexity index is 763. The maximum atomic E-state index is 12.3. The molecule has 1 heterocycles. The number of anilines is 2. The van der Waals surface area contributed by atoms with Crippen LogP contribution < -0.4 is 15.2 Å². The molecule has 3 N–H and O–H groups in total. The van der Waals surface area contributed by atoms with Crippen molar-refractivity contribution in [3.63, 3.8) is 0 Å². The molecule has 0 bridgehead atoms. The van der Waals surface area contributed by atoms with Crippen LogP contribution in [0, 0.1) is 6.92 Å². The zero-order chi connectivity index (χ0) is 16.9. The van der Waals surface area contributed by atoms with Crippen molar-refractivity contribution >= 4 is 21.7 Å². The van der Waals surface area contributed by atoms with Crippen molar-refractivity contribution in [2.45, 2.75) is 11.8 Å². The van der Waals surface area contributed by atoms with Gasteiger partial charge < -0.3 is 15.2 Å².